The summed E-state index contributed by atoms with van der Waals surface area (Å²) >= 11 is 0. The first-order valence-electron chi connectivity index (χ1n) is 9.20. The summed E-state index contributed by atoms with van der Waals surface area (Å²) in [5.41, 5.74) is 1.22. The monoisotopic (exact) mass is 328 g/mol. The van der Waals surface area contributed by atoms with Crippen LogP contribution in [0, 0.1) is 0 Å². The number of benzene rings is 1. The van der Waals surface area contributed by atoms with Gasteiger partial charge in [-0.25, -0.2) is 0 Å². The van der Waals surface area contributed by atoms with E-state index in [1.54, 1.807) is 0 Å². The lowest BCUT2D eigenvalue weighted by Crippen LogP contribution is -2.22. The molecule has 2 heterocycles. The summed E-state index contributed by atoms with van der Waals surface area (Å²) in [5, 5.41) is 0. The van der Waals surface area contributed by atoms with Gasteiger partial charge in [0.05, 0.1) is 6.10 Å². The molecule has 2 saturated heterocycles. The second kappa shape index (κ2) is 9.77. The highest BCUT2D eigenvalue weighted by Crippen LogP contribution is 2.28. The second-order valence-electron chi connectivity index (χ2n) is 6.46. The molecule has 0 N–H and O–H groups in total. The molecule has 130 valence electrons. The zero-order valence-electron chi connectivity index (χ0n) is 14.3. The SMILES string of the molecule is C(C=C[C@@H]1O[C@H]1CCCCOC1CCCCO1)=Cc1ccccc1. The maximum Gasteiger partial charge on any atom is 0.157 e. The summed E-state index contributed by atoms with van der Waals surface area (Å²) in [6, 6.07) is 10.3. The molecule has 0 radical (unpaired) electrons. The summed E-state index contributed by atoms with van der Waals surface area (Å²) < 4.78 is 17.0. The molecule has 0 aliphatic carbocycles. The van der Waals surface area contributed by atoms with Gasteiger partial charge in [0.2, 0.25) is 0 Å². The Morgan fingerprint density at radius 1 is 1.08 bits per heavy atom. The smallest absolute Gasteiger partial charge is 0.157 e. The van der Waals surface area contributed by atoms with Crippen LogP contribution in [0.15, 0.2) is 48.6 Å². The summed E-state index contributed by atoms with van der Waals surface area (Å²) in [4.78, 5) is 0. The summed E-state index contributed by atoms with van der Waals surface area (Å²) in [5.74, 6) is 0. The van der Waals surface area contributed by atoms with Crippen molar-refractivity contribution < 1.29 is 14.2 Å². The predicted octanol–water partition coefficient (Wildman–Crippen LogP) is 4.74. The minimum Gasteiger partial charge on any atom is -0.365 e. The molecule has 3 heteroatoms. The van der Waals surface area contributed by atoms with Crippen LogP contribution in [0.3, 0.4) is 0 Å². The fraction of sp³-hybridized carbons (Fsp3) is 0.524. The van der Waals surface area contributed by atoms with E-state index in [-0.39, 0.29) is 6.29 Å². The summed E-state index contributed by atoms with van der Waals surface area (Å²) in [6.07, 6.45) is 16.0. The highest BCUT2D eigenvalue weighted by molar-refractivity contribution is 5.50. The molecule has 2 fully saturated rings. The zero-order chi connectivity index (χ0) is 16.5. The highest BCUT2D eigenvalue weighted by Gasteiger charge is 2.35. The van der Waals surface area contributed by atoms with E-state index in [9.17, 15) is 0 Å². The molecule has 0 spiro atoms. The minimum atomic E-state index is 0.0445. The number of unbranched alkanes of at least 4 members (excludes halogenated alkanes) is 1. The van der Waals surface area contributed by atoms with Crippen LogP contribution in [0.4, 0.5) is 0 Å². The first-order valence-corrected chi connectivity index (χ1v) is 9.20. The Balaban J connectivity index is 1.21. The predicted molar refractivity (Wildman–Crippen MR) is 96.7 cm³/mol. The first kappa shape index (κ1) is 17.4. The highest BCUT2D eigenvalue weighted by atomic mass is 16.7. The molecule has 0 aromatic heterocycles. The van der Waals surface area contributed by atoms with E-state index in [2.05, 4.69) is 36.4 Å². The average Bonchev–Trinajstić information content (AvgIpc) is 3.38. The number of allylic oxidation sites excluding steroid dienone is 2. The van der Waals surface area contributed by atoms with Gasteiger partial charge >= 0.3 is 0 Å². The second-order valence-corrected chi connectivity index (χ2v) is 6.46. The molecule has 2 aliphatic heterocycles. The van der Waals surface area contributed by atoms with Gasteiger partial charge in [-0.15, -0.1) is 0 Å². The van der Waals surface area contributed by atoms with Crippen LogP contribution >= 0.6 is 0 Å². The third-order valence-corrected chi connectivity index (χ3v) is 4.45. The molecule has 24 heavy (non-hydrogen) atoms. The van der Waals surface area contributed by atoms with E-state index < -0.39 is 0 Å². The van der Waals surface area contributed by atoms with E-state index in [1.165, 1.54) is 18.4 Å². The van der Waals surface area contributed by atoms with E-state index in [4.69, 9.17) is 14.2 Å². The lowest BCUT2D eigenvalue weighted by atomic mass is 10.1. The number of rotatable bonds is 9. The molecular formula is C21H28O3. The van der Waals surface area contributed by atoms with Gasteiger partial charge in [0.15, 0.2) is 6.29 Å². The van der Waals surface area contributed by atoms with Gasteiger partial charge in [-0.1, -0.05) is 54.6 Å². The molecule has 3 atom stereocenters. The number of hydrogen-bond donors (Lipinski definition) is 0. The maximum atomic E-state index is 5.75. The van der Waals surface area contributed by atoms with Crippen LogP contribution in [-0.4, -0.2) is 31.7 Å². The largest absolute Gasteiger partial charge is 0.365 e. The van der Waals surface area contributed by atoms with Crippen LogP contribution in [-0.2, 0) is 14.2 Å². The Hall–Kier alpha value is -1.42. The Morgan fingerprint density at radius 3 is 2.83 bits per heavy atom. The Bertz CT molecular complexity index is 517. The molecule has 1 unspecified atom stereocenters. The van der Waals surface area contributed by atoms with Crippen molar-refractivity contribution in [1.29, 1.82) is 0 Å². The van der Waals surface area contributed by atoms with Gasteiger partial charge in [-0.05, 0) is 44.1 Å². The fourth-order valence-corrected chi connectivity index (χ4v) is 2.97. The topological polar surface area (TPSA) is 31.0 Å². The number of hydrogen-bond acceptors (Lipinski definition) is 3. The molecule has 1 aromatic rings. The van der Waals surface area contributed by atoms with Crippen molar-refractivity contribution in [2.45, 2.75) is 57.0 Å². The molecule has 2 aliphatic rings. The summed E-state index contributed by atoms with van der Waals surface area (Å²) in [7, 11) is 0. The van der Waals surface area contributed by atoms with Crippen molar-refractivity contribution in [3.8, 4) is 0 Å². The van der Waals surface area contributed by atoms with E-state index in [0.717, 1.165) is 38.9 Å². The fourth-order valence-electron chi connectivity index (χ4n) is 2.97. The van der Waals surface area contributed by atoms with Gasteiger partial charge in [-0.3, -0.25) is 0 Å². The van der Waals surface area contributed by atoms with Crippen LogP contribution in [0.2, 0.25) is 0 Å². The molecule has 3 nitrogen and oxygen atoms in total. The van der Waals surface area contributed by atoms with Crippen LogP contribution in [0.25, 0.3) is 6.08 Å². The Morgan fingerprint density at radius 2 is 2.00 bits per heavy atom. The van der Waals surface area contributed by atoms with Crippen molar-refractivity contribution in [3.05, 3.63) is 54.1 Å². The van der Waals surface area contributed by atoms with Gasteiger partial charge in [-0.2, -0.15) is 0 Å². The van der Waals surface area contributed by atoms with Crippen LogP contribution < -0.4 is 0 Å². The standard InChI is InChI=1S/C21H28O3/c1-2-10-18(11-3-1)12-4-5-13-19-20(24-19)14-6-8-16-22-21-15-7-9-17-23-21/h1-5,10-13,19-21H,6-9,14-17H2/t19-,20-,21?/m0/s1. The van der Waals surface area contributed by atoms with Gasteiger partial charge in [0, 0.05) is 13.2 Å². The number of epoxide rings is 1. The molecule has 0 saturated carbocycles. The molecule has 0 bridgehead atoms. The normalized spacial score (nSPS) is 27.1. The molecular weight excluding hydrogens is 300 g/mol. The lowest BCUT2D eigenvalue weighted by Gasteiger charge is -2.22. The minimum absolute atomic E-state index is 0.0445. The third kappa shape index (κ3) is 6.23. The first-order chi connectivity index (χ1) is 11.9. The van der Waals surface area contributed by atoms with Crippen molar-refractivity contribution in [2.24, 2.45) is 0 Å². The van der Waals surface area contributed by atoms with Gasteiger partial charge in [0.25, 0.3) is 0 Å². The van der Waals surface area contributed by atoms with Crippen molar-refractivity contribution in [2.75, 3.05) is 13.2 Å². The molecule has 3 rings (SSSR count). The van der Waals surface area contributed by atoms with Crippen LogP contribution in [0.1, 0.15) is 44.1 Å². The third-order valence-electron chi connectivity index (χ3n) is 4.45. The van der Waals surface area contributed by atoms with E-state index in [0.29, 0.717) is 12.2 Å². The quantitative estimate of drug-likeness (QED) is 0.373. The van der Waals surface area contributed by atoms with Gasteiger partial charge in [0.1, 0.15) is 6.10 Å². The van der Waals surface area contributed by atoms with E-state index >= 15 is 0 Å². The lowest BCUT2D eigenvalue weighted by molar-refractivity contribution is -0.162. The zero-order valence-corrected chi connectivity index (χ0v) is 14.3. The Labute approximate surface area is 145 Å². The summed E-state index contributed by atoms with van der Waals surface area (Å²) in [6.45, 7) is 1.66. The van der Waals surface area contributed by atoms with Crippen molar-refractivity contribution in [3.63, 3.8) is 0 Å². The van der Waals surface area contributed by atoms with Crippen molar-refractivity contribution in [1.82, 2.24) is 0 Å². The van der Waals surface area contributed by atoms with Crippen LogP contribution in [0.5, 0.6) is 0 Å². The average molecular weight is 328 g/mol. The van der Waals surface area contributed by atoms with E-state index in [1.807, 2.05) is 18.2 Å². The molecule has 0 amide bonds. The maximum absolute atomic E-state index is 5.75. The molecule has 1 aromatic carbocycles. The Kier molecular flexibility index (Phi) is 7.09. The van der Waals surface area contributed by atoms with Crippen molar-refractivity contribution >= 4 is 6.08 Å². The number of ether oxygens (including phenoxy) is 3. The van der Waals surface area contributed by atoms with Gasteiger partial charge < -0.3 is 14.2 Å².